The fourth-order valence-electron chi connectivity index (χ4n) is 3.88. The molecule has 0 radical (unpaired) electrons. The van der Waals surface area contributed by atoms with Crippen molar-refractivity contribution in [3.8, 4) is 0 Å². The molecule has 15 heavy (non-hydrogen) atoms. The molecule has 0 aromatic rings. The summed E-state index contributed by atoms with van der Waals surface area (Å²) in [6, 6.07) is 0. The van der Waals surface area contributed by atoms with Gasteiger partial charge in [0, 0.05) is 0 Å². The SMILES string of the molecule is C=COCC1CCC2C3CCC(O3)C2C1. The number of hydrogen-bond donors (Lipinski definition) is 0. The molecular formula is C13H20O2. The van der Waals surface area contributed by atoms with Crippen LogP contribution in [0.3, 0.4) is 0 Å². The summed E-state index contributed by atoms with van der Waals surface area (Å²) in [5, 5.41) is 0. The lowest BCUT2D eigenvalue weighted by Crippen LogP contribution is -2.34. The molecule has 5 unspecified atom stereocenters. The average molecular weight is 208 g/mol. The maximum Gasteiger partial charge on any atom is 0.0901 e. The molecule has 3 fully saturated rings. The lowest BCUT2D eigenvalue weighted by Gasteiger charge is -2.36. The van der Waals surface area contributed by atoms with E-state index in [1.165, 1.54) is 32.1 Å². The molecular weight excluding hydrogens is 188 g/mol. The molecule has 0 amide bonds. The first-order valence-electron chi connectivity index (χ1n) is 6.26. The Balaban J connectivity index is 1.61. The van der Waals surface area contributed by atoms with Gasteiger partial charge in [0.05, 0.1) is 25.1 Å². The van der Waals surface area contributed by atoms with Crippen molar-refractivity contribution < 1.29 is 9.47 Å². The Labute approximate surface area is 91.6 Å². The number of fused-ring (bicyclic) bond motifs is 5. The van der Waals surface area contributed by atoms with E-state index in [0.29, 0.717) is 12.2 Å². The molecule has 2 heteroatoms. The Kier molecular flexibility index (Phi) is 2.47. The molecule has 3 rings (SSSR count). The van der Waals surface area contributed by atoms with Crippen molar-refractivity contribution in [2.75, 3.05) is 6.61 Å². The summed E-state index contributed by atoms with van der Waals surface area (Å²) in [6.45, 7) is 4.47. The Bertz CT molecular complexity index is 251. The second kappa shape index (κ2) is 3.82. The zero-order valence-electron chi connectivity index (χ0n) is 9.23. The van der Waals surface area contributed by atoms with Gasteiger partial charge in [0.15, 0.2) is 0 Å². The lowest BCUT2D eigenvalue weighted by molar-refractivity contribution is 0.0850. The van der Waals surface area contributed by atoms with Crippen LogP contribution in [0.2, 0.25) is 0 Å². The number of hydrogen-bond acceptors (Lipinski definition) is 2. The summed E-state index contributed by atoms with van der Waals surface area (Å²) < 4.78 is 11.3. The van der Waals surface area contributed by atoms with Gasteiger partial charge < -0.3 is 9.47 Å². The van der Waals surface area contributed by atoms with Crippen molar-refractivity contribution in [1.29, 1.82) is 0 Å². The largest absolute Gasteiger partial charge is 0.502 e. The predicted molar refractivity (Wildman–Crippen MR) is 58.4 cm³/mol. The van der Waals surface area contributed by atoms with Gasteiger partial charge in [0.25, 0.3) is 0 Å². The normalized spacial score (nSPS) is 47.6. The third-order valence-corrected chi connectivity index (χ3v) is 4.55. The van der Waals surface area contributed by atoms with Gasteiger partial charge in [0.2, 0.25) is 0 Å². The van der Waals surface area contributed by atoms with Crippen LogP contribution in [0.15, 0.2) is 12.8 Å². The molecule has 3 aliphatic rings. The molecule has 84 valence electrons. The summed E-state index contributed by atoms with van der Waals surface area (Å²) in [6.07, 6.45) is 9.40. The summed E-state index contributed by atoms with van der Waals surface area (Å²) in [7, 11) is 0. The van der Waals surface area contributed by atoms with Gasteiger partial charge in [-0.1, -0.05) is 6.58 Å². The van der Waals surface area contributed by atoms with Crippen LogP contribution >= 0.6 is 0 Å². The third-order valence-electron chi connectivity index (χ3n) is 4.55. The van der Waals surface area contributed by atoms with E-state index in [-0.39, 0.29) is 0 Å². The van der Waals surface area contributed by atoms with Crippen molar-refractivity contribution in [3.05, 3.63) is 12.8 Å². The maximum atomic E-state index is 6.01. The first kappa shape index (κ1) is 9.71. The van der Waals surface area contributed by atoms with Gasteiger partial charge in [-0.2, -0.15) is 0 Å². The highest BCUT2D eigenvalue weighted by atomic mass is 16.5. The molecule has 0 aromatic heterocycles. The van der Waals surface area contributed by atoms with Gasteiger partial charge in [-0.05, 0) is 49.9 Å². The molecule has 1 saturated carbocycles. The van der Waals surface area contributed by atoms with Crippen LogP contribution in [0, 0.1) is 17.8 Å². The van der Waals surface area contributed by atoms with Crippen molar-refractivity contribution >= 4 is 0 Å². The van der Waals surface area contributed by atoms with E-state index in [1.807, 2.05) is 0 Å². The molecule has 5 atom stereocenters. The van der Waals surface area contributed by atoms with Gasteiger partial charge in [-0.3, -0.25) is 0 Å². The van der Waals surface area contributed by atoms with E-state index in [4.69, 9.17) is 9.47 Å². The van der Waals surface area contributed by atoms with Crippen LogP contribution in [0.4, 0.5) is 0 Å². The second-order valence-electron chi connectivity index (χ2n) is 5.30. The highest BCUT2D eigenvalue weighted by molar-refractivity contribution is 4.99. The molecule has 2 aliphatic heterocycles. The van der Waals surface area contributed by atoms with Crippen LogP contribution in [-0.4, -0.2) is 18.8 Å². The topological polar surface area (TPSA) is 18.5 Å². The van der Waals surface area contributed by atoms with Gasteiger partial charge in [0.1, 0.15) is 0 Å². The molecule has 2 bridgehead atoms. The second-order valence-corrected chi connectivity index (χ2v) is 5.30. The first-order valence-corrected chi connectivity index (χ1v) is 6.26. The van der Waals surface area contributed by atoms with Crippen LogP contribution in [-0.2, 0) is 9.47 Å². The average Bonchev–Trinajstić information content (AvgIpc) is 2.87. The Morgan fingerprint density at radius 1 is 1.13 bits per heavy atom. The van der Waals surface area contributed by atoms with E-state index in [9.17, 15) is 0 Å². The minimum Gasteiger partial charge on any atom is -0.502 e. The molecule has 2 heterocycles. The summed E-state index contributed by atoms with van der Waals surface area (Å²) in [4.78, 5) is 0. The fraction of sp³-hybridized carbons (Fsp3) is 0.846. The molecule has 0 N–H and O–H groups in total. The molecule has 1 aliphatic carbocycles. The summed E-state index contributed by atoms with van der Waals surface area (Å²) >= 11 is 0. The van der Waals surface area contributed by atoms with E-state index >= 15 is 0 Å². The van der Waals surface area contributed by atoms with Crippen LogP contribution in [0.5, 0.6) is 0 Å². The van der Waals surface area contributed by atoms with Crippen LogP contribution in [0.1, 0.15) is 32.1 Å². The first-order chi connectivity index (χ1) is 7.38. The Morgan fingerprint density at radius 2 is 1.93 bits per heavy atom. The monoisotopic (exact) mass is 208 g/mol. The van der Waals surface area contributed by atoms with Crippen molar-refractivity contribution in [2.24, 2.45) is 17.8 Å². The zero-order valence-corrected chi connectivity index (χ0v) is 9.23. The maximum absolute atomic E-state index is 6.01. The van der Waals surface area contributed by atoms with Crippen molar-refractivity contribution in [3.63, 3.8) is 0 Å². The van der Waals surface area contributed by atoms with E-state index in [0.717, 1.165) is 24.4 Å². The third kappa shape index (κ3) is 1.59. The predicted octanol–water partition coefficient (Wildman–Crippen LogP) is 2.74. The van der Waals surface area contributed by atoms with Crippen LogP contribution < -0.4 is 0 Å². The van der Waals surface area contributed by atoms with Gasteiger partial charge in [-0.15, -0.1) is 0 Å². The number of ether oxygens (including phenoxy) is 2. The highest BCUT2D eigenvalue weighted by Crippen LogP contribution is 2.51. The van der Waals surface area contributed by atoms with Gasteiger partial charge in [-0.25, -0.2) is 0 Å². The van der Waals surface area contributed by atoms with Gasteiger partial charge >= 0.3 is 0 Å². The van der Waals surface area contributed by atoms with Crippen molar-refractivity contribution in [2.45, 2.75) is 44.3 Å². The fourth-order valence-corrected chi connectivity index (χ4v) is 3.88. The Hall–Kier alpha value is -0.500. The summed E-state index contributed by atoms with van der Waals surface area (Å²) in [5.74, 6) is 2.46. The Morgan fingerprint density at radius 3 is 2.73 bits per heavy atom. The highest BCUT2D eigenvalue weighted by Gasteiger charge is 2.50. The molecule has 0 spiro atoms. The van der Waals surface area contributed by atoms with E-state index in [2.05, 4.69) is 6.58 Å². The zero-order chi connectivity index (χ0) is 10.3. The molecule has 0 aromatic carbocycles. The minimum atomic E-state index is 0.589. The number of rotatable bonds is 3. The van der Waals surface area contributed by atoms with E-state index < -0.39 is 0 Å². The smallest absolute Gasteiger partial charge is 0.0901 e. The quantitative estimate of drug-likeness (QED) is 0.664. The standard InChI is InChI=1S/C13H20O2/c1-2-14-8-9-3-4-10-11(7-9)13-6-5-12(10)15-13/h2,9-13H,1,3-8H2. The van der Waals surface area contributed by atoms with E-state index in [1.54, 1.807) is 6.26 Å². The lowest BCUT2D eigenvalue weighted by atomic mass is 9.68. The van der Waals surface area contributed by atoms with Crippen LogP contribution in [0.25, 0.3) is 0 Å². The molecule has 2 saturated heterocycles. The van der Waals surface area contributed by atoms with Crippen molar-refractivity contribution in [1.82, 2.24) is 0 Å². The molecule has 2 nitrogen and oxygen atoms in total. The minimum absolute atomic E-state index is 0.589. The summed E-state index contributed by atoms with van der Waals surface area (Å²) in [5.41, 5.74) is 0.